The molecule has 1 aliphatic heterocycles. The summed E-state index contributed by atoms with van der Waals surface area (Å²) >= 11 is 0. The van der Waals surface area contributed by atoms with Crippen molar-refractivity contribution < 1.29 is 9.53 Å². The lowest BCUT2D eigenvalue weighted by atomic mass is 10.0. The lowest BCUT2D eigenvalue weighted by Crippen LogP contribution is -2.36. The van der Waals surface area contributed by atoms with Crippen LogP contribution in [-0.4, -0.2) is 41.1 Å². The number of rotatable bonds is 6. The number of hydrogen-bond acceptors (Lipinski definition) is 6. The molecular weight excluding hydrogens is 366 g/mol. The highest BCUT2D eigenvalue weighted by molar-refractivity contribution is 6.05. The SMILES string of the molecule is CC(C)Nc1nccc(N(CC2CC[C@H](N)C2)C(=O)c2ccc3c(c2)CCO3)n1. The lowest BCUT2D eigenvalue weighted by molar-refractivity contribution is 0.0982. The van der Waals surface area contributed by atoms with Gasteiger partial charge in [-0.15, -0.1) is 0 Å². The molecule has 0 spiro atoms. The minimum absolute atomic E-state index is 0.0469. The van der Waals surface area contributed by atoms with Crippen LogP contribution < -0.4 is 20.7 Å². The van der Waals surface area contributed by atoms with Gasteiger partial charge in [-0.1, -0.05) is 0 Å². The number of ether oxygens (including phenoxy) is 1. The molecule has 1 fully saturated rings. The Bertz CT molecular complexity index is 885. The molecule has 4 rings (SSSR count). The van der Waals surface area contributed by atoms with Crippen molar-refractivity contribution in [2.45, 2.75) is 51.6 Å². The summed E-state index contributed by atoms with van der Waals surface area (Å²) in [5.74, 6) is 2.35. The molecule has 7 heteroatoms. The highest BCUT2D eigenvalue weighted by atomic mass is 16.5. The molecule has 1 aliphatic carbocycles. The van der Waals surface area contributed by atoms with Crippen LogP contribution in [0, 0.1) is 5.92 Å². The fraction of sp³-hybridized carbons (Fsp3) is 0.500. The van der Waals surface area contributed by atoms with Crippen LogP contribution in [0.25, 0.3) is 0 Å². The monoisotopic (exact) mass is 395 g/mol. The lowest BCUT2D eigenvalue weighted by Gasteiger charge is -2.25. The van der Waals surface area contributed by atoms with E-state index in [1.165, 1.54) is 0 Å². The molecule has 2 atom stereocenters. The van der Waals surface area contributed by atoms with E-state index in [-0.39, 0.29) is 18.0 Å². The predicted molar refractivity (Wildman–Crippen MR) is 113 cm³/mol. The molecule has 0 radical (unpaired) electrons. The van der Waals surface area contributed by atoms with Gasteiger partial charge in [0.15, 0.2) is 0 Å². The first-order valence-electron chi connectivity index (χ1n) is 10.4. The average Bonchev–Trinajstić information content (AvgIpc) is 3.33. The first-order chi connectivity index (χ1) is 14.0. The van der Waals surface area contributed by atoms with E-state index < -0.39 is 0 Å². The highest BCUT2D eigenvalue weighted by Gasteiger charge is 2.29. The fourth-order valence-corrected chi connectivity index (χ4v) is 4.12. The molecule has 0 saturated heterocycles. The van der Waals surface area contributed by atoms with Crippen molar-refractivity contribution in [1.29, 1.82) is 0 Å². The summed E-state index contributed by atoms with van der Waals surface area (Å²) in [5, 5.41) is 3.22. The smallest absolute Gasteiger partial charge is 0.259 e. The summed E-state index contributed by atoms with van der Waals surface area (Å²) in [6.07, 6.45) is 5.51. The van der Waals surface area contributed by atoms with E-state index >= 15 is 0 Å². The van der Waals surface area contributed by atoms with E-state index in [4.69, 9.17) is 10.5 Å². The van der Waals surface area contributed by atoms with Crippen molar-refractivity contribution in [3.05, 3.63) is 41.6 Å². The standard InChI is InChI=1S/C22H29N5O2/c1-14(2)25-22-24-9-7-20(26-22)27(13-15-3-5-18(23)11-15)21(28)17-4-6-19-16(12-17)8-10-29-19/h4,6-7,9,12,14-15,18H,3,5,8,10-11,13,23H2,1-2H3,(H,24,25,26)/t15?,18-/m0/s1. The van der Waals surface area contributed by atoms with Gasteiger partial charge in [-0.3, -0.25) is 9.69 Å². The number of anilines is 2. The number of carbonyl (C=O) groups is 1. The maximum atomic E-state index is 13.5. The molecule has 29 heavy (non-hydrogen) atoms. The third kappa shape index (κ3) is 4.50. The largest absolute Gasteiger partial charge is 0.493 e. The van der Waals surface area contributed by atoms with Gasteiger partial charge in [0.05, 0.1) is 6.61 Å². The first kappa shape index (κ1) is 19.6. The van der Waals surface area contributed by atoms with Gasteiger partial charge < -0.3 is 15.8 Å². The minimum atomic E-state index is -0.0469. The van der Waals surface area contributed by atoms with Crippen LogP contribution in [0.4, 0.5) is 11.8 Å². The van der Waals surface area contributed by atoms with Gasteiger partial charge >= 0.3 is 0 Å². The Morgan fingerprint density at radius 3 is 2.97 bits per heavy atom. The van der Waals surface area contributed by atoms with Gasteiger partial charge in [0.1, 0.15) is 11.6 Å². The van der Waals surface area contributed by atoms with E-state index in [0.29, 0.717) is 36.4 Å². The maximum absolute atomic E-state index is 13.5. The predicted octanol–water partition coefficient (Wildman–Crippen LogP) is 3.01. The molecule has 1 aromatic carbocycles. The maximum Gasteiger partial charge on any atom is 0.259 e. The first-order valence-corrected chi connectivity index (χ1v) is 10.4. The molecule has 1 amide bonds. The summed E-state index contributed by atoms with van der Waals surface area (Å²) in [4.78, 5) is 24.2. The third-order valence-electron chi connectivity index (χ3n) is 5.54. The number of benzene rings is 1. The number of fused-ring (bicyclic) bond motifs is 1. The number of amides is 1. The normalized spacial score (nSPS) is 20.4. The Morgan fingerprint density at radius 2 is 2.21 bits per heavy atom. The zero-order chi connectivity index (χ0) is 20.4. The number of nitrogens with two attached hydrogens (primary N) is 1. The van der Waals surface area contributed by atoms with Crippen LogP contribution in [0.3, 0.4) is 0 Å². The van der Waals surface area contributed by atoms with Gasteiger partial charge in [-0.05, 0) is 68.9 Å². The van der Waals surface area contributed by atoms with E-state index in [0.717, 1.165) is 37.0 Å². The topological polar surface area (TPSA) is 93.4 Å². The average molecular weight is 396 g/mol. The number of nitrogens with one attached hydrogen (secondary N) is 1. The molecule has 1 aromatic heterocycles. The van der Waals surface area contributed by atoms with Crippen molar-refractivity contribution >= 4 is 17.7 Å². The Kier molecular flexibility index (Phi) is 5.67. The molecule has 2 heterocycles. The van der Waals surface area contributed by atoms with Crippen LogP contribution in [-0.2, 0) is 6.42 Å². The molecule has 3 N–H and O–H groups in total. The van der Waals surface area contributed by atoms with Crippen molar-refractivity contribution in [2.24, 2.45) is 11.7 Å². The molecule has 154 valence electrons. The van der Waals surface area contributed by atoms with Crippen LogP contribution in [0.2, 0.25) is 0 Å². The van der Waals surface area contributed by atoms with Crippen molar-refractivity contribution in [2.75, 3.05) is 23.4 Å². The van der Waals surface area contributed by atoms with Gasteiger partial charge in [0, 0.05) is 36.8 Å². The third-order valence-corrected chi connectivity index (χ3v) is 5.54. The molecule has 2 aromatic rings. The Morgan fingerprint density at radius 1 is 1.34 bits per heavy atom. The molecule has 2 aliphatic rings. The van der Waals surface area contributed by atoms with Gasteiger partial charge in [-0.2, -0.15) is 4.98 Å². The summed E-state index contributed by atoms with van der Waals surface area (Å²) in [6, 6.07) is 7.91. The number of hydrogen-bond donors (Lipinski definition) is 2. The van der Waals surface area contributed by atoms with Gasteiger partial charge in [0.25, 0.3) is 5.91 Å². The zero-order valence-electron chi connectivity index (χ0n) is 17.1. The summed E-state index contributed by atoms with van der Waals surface area (Å²) in [5.41, 5.74) is 7.86. The van der Waals surface area contributed by atoms with E-state index in [9.17, 15) is 4.79 Å². The highest BCUT2D eigenvalue weighted by Crippen LogP contribution is 2.30. The number of carbonyl (C=O) groups excluding carboxylic acids is 1. The quantitative estimate of drug-likeness (QED) is 0.781. The van der Waals surface area contributed by atoms with E-state index in [1.807, 2.05) is 32.0 Å². The van der Waals surface area contributed by atoms with Crippen molar-refractivity contribution in [3.63, 3.8) is 0 Å². The number of aromatic nitrogens is 2. The molecule has 1 saturated carbocycles. The minimum Gasteiger partial charge on any atom is -0.493 e. The molecular formula is C22H29N5O2. The Labute approximate surface area is 171 Å². The molecule has 0 bridgehead atoms. The number of nitrogens with zero attached hydrogens (tertiary/aromatic N) is 3. The van der Waals surface area contributed by atoms with Crippen LogP contribution in [0.1, 0.15) is 49.0 Å². The second-order valence-electron chi connectivity index (χ2n) is 8.31. The second-order valence-corrected chi connectivity index (χ2v) is 8.31. The fourth-order valence-electron chi connectivity index (χ4n) is 4.12. The van der Waals surface area contributed by atoms with E-state index in [1.54, 1.807) is 17.2 Å². The Balaban J connectivity index is 1.63. The molecule has 7 nitrogen and oxygen atoms in total. The second kappa shape index (κ2) is 8.37. The van der Waals surface area contributed by atoms with Crippen molar-refractivity contribution in [3.8, 4) is 5.75 Å². The van der Waals surface area contributed by atoms with Crippen LogP contribution in [0.15, 0.2) is 30.5 Å². The van der Waals surface area contributed by atoms with Gasteiger partial charge in [0.2, 0.25) is 5.95 Å². The van der Waals surface area contributed by atoms with Crippen LogP contribution in [0.5, 0.6) is 5.75 Å². The summed E-state index contributed by atoms with van der Waals surface area (Å²) in [7, 11) is 0. The van der Waals surface area contributed by atoms with E-state index in [2.05, 4.69) is 15.3 Å². The zero-order valence-corrected chi connectivity index (χ0v) is 17.1. The van der Waals surface area contributed by atoms with Crippen LogP contribution >= 0.6 is 0 Å². The molecule has 1 unspecified atom stereocenters. The summed E-state index contributed by atoms with van der Waals surface area (Å²) in [6.45, 7) is 5.35. The summed E-state index contributed by atoms with van der Waals surface area (Å²) < 4.78 is 5.58. The Hall–Kier alpha value is -2.67. The van der Waals surface area contributed by atoms with Crippen molar-refractivity contribution in [1.82, 2.24) is 9.97 Å². The van der Waals surface area contributed by atoms with Gasteiger partial charge in [-0.25, -0.2) is 4.98 Å².